The lowest BCUT2D eigenvalue weighted by molar-refractivity contribution is 0.185. The van der Waals surface area contributed by atoms with Gasteiger partial charge in [0, 0.05) is 43.5 Å². The van der Waals surface area contributed by atoms with Crippen LogP contribution in [0.15, 0.2) is 30.0 Å². The van der Waals surface area contributed by atoms with Gasteiger partial charge in [0.2, 0.25) is 0 Å². The Morgan fingerprint density at radius 3 is 3.00 bits per heavy atom. The first kappa shape index (κ1) is 17.0. The van der Waals surface area contributed by atoms with Crippen molar-refractivity contribution >= 4 is 17.4 Å². The highest BCUT2D eigenvalue weighted by Gasteiger charge is 2.29. The van der Waals surface area contributed by atoms with Crippen molar-refractivity contribution in [2.45, 2.75) is 50.6 Å². The molecule has 2 aromatic rings. The van der Waals surface area contributed by atoms with Crippen molar-refractivity contribution in [1.82, 2.24) is 25.0 Å². The number of urea groups is 1. The lowest BCUT2D eigenvalue weighted by Gasteiger charge is -2.34. The number of nitrogens with one attached hydrogen (secondary N) is 1. The van der Waals surface area contributed by atoms with E-state index in [-0.39, 0.29) is 24.0 Å². The van der Waals surface area contributed by atoms with Crippen LogP contribution < -0.4 is 5.32 Å². The van der Waals surface area contributed by atoms with Crippen LogP contribution in [0.5, 0.6) is 0 Å². The Labute approximate surface area is 146 Å². The molecule has 0 bridgehead atoms. The SMILES string of the molecule is CC(CN(C)C(=O)NC1CCCCC1n1cccn1)c1nccs1. The highest BCUT2D eigenvalue weighted by Crippen LogP contribution is 2.28. The van der Waals surface area contributed by atoms with Gasteiger partial charge in [0.25, 0.3) is 0 Å². The molecule has 1 aliphatic rings. The van der Waals surface area contributed by atoms with Crippen LogP contribution in [0.4, 0.5) is 4.79 Å². The number of amides is 2. The predicted molar refractivity (Wildman–Crippen MR) is 95.2 cm³/mol. The average Bonchev–Trinajstić information content (AvgIpc) is 3.29. The topological polar surface area (TPSA) is 63.1 Å². The van der Waals surface area contributed by atoms with E-state index in [1.54, 1.807) is 22.4 Å². The van der Waals surface area contributed by atoms with Gasteiger partial charge in [-0.1, -0.05) is 19.8 Å². The van der Waals surface area contributed by atoms with E-state index in [1.165, 1.54) is 6.42 Å². The number of carbonyl (C=O) groups is 1. The van der Waals surface area contributed by atoms with Gasteiger partial charge in [-0.25, -0.2) is 9.78 Å². The van der Waals surface area contributed by atoms with Crippen molar-refractivity contribution in [2.24, 2.45) is 0 Å². The minimum Gasteiger partial charge on any atom is -0.333 e. The van der Waals surface area contributed by atoms with Gasteiger partial charge in [0.1, 0.15) is 0 Å². The summed E-state index contributed by atoms with van der Waals surface area (Å²) in [4.78, 5) is 18.7. The summed E-state index contributed by atoms with van der Waals surface area (Å²) in [5.74, 6) is 0.244. The maximum atomic E-state index is 12.6. The first-order valence-corrected chi connectivity index (χ1v) is 9.43. The number of aromatic nitrogens is 3. The number of thiazole rings is 1. The summed E-state index contributed by atoms with van der Waals surface area (Å²) in [6.45, 7) is 2.77. The van der Waals surface area contributed by atoms with Gasteiger partial charge in [-0.3, -0.25) is 4.68 Å². The zero-order chi connectivity index (χ0) is 16.9. The van der Waals surface area contributed by atoms with Crippen molar-refractivity contribution in [3.8, 4) is 0 Å². The Kier molecular flexibility index (Phi) is 5.50. The molecule has 24 heavy (non-hydrogen) atoms. The molecule has 2 amide bonds. The maximum absolute atomic E-state index is 12.6. The molecule has 1 aliphatic carbocycles. The monoisotopic (exact) mass is 347 g/mol. The van der Waals surface area contributed by atoms with Crippen LogP contribution in [0.3, 0.4) is 0 Å². The minimum atomic E-state index is -0.0116. The van der Waals surface area contributed by atoms with Crippen molar-refractivity contribution in [2.75, 3.05) is 13.6 Å². The largest absolute Gasteiger partial charge is 0.333 e. The van der Waals surface area contributed by atoms with Gasteiger partial charge in [-0.05, 0) is 18.9 Å². The molecule has 0 radical (unpaired) electrons. The fourth-order valence-corrected chi connectivity index (χ4v) is 4.08. The van der Waals surface area contributed by atoms with E-state index < -0.39 is 0 Å². The number of carbonyl (C=O) groups excluding carboxylic acids is 1. The molecule has 7 heteroatoms. The molecule has 3 rings (SSSR count). The lowest BCUT2D eigenvalue weighted by atomic mass is 9.90. The first-order chi connectivity index (χ1) is 11.6. The number of hydrogen-bond acceptors (Lipinski definition) is 4. The molecule has 0 spiro atoms. The predicted octanol–water partition coefficient (Wildman–Crippen LogP) is 3.27. The number of rotatable bonds is 5. The molecule has 1 saturated carbocycles. The van der Waals surface area contributed by atoms with E-state index >= 15 is 0 Å². The number of nitrogens with zero attached hydrogens (tertiary/aromatic N) is 4. The van der Waals surface area contributed by atoms with Gasteiger partial charge in [-0.15, -0.1) is 11.3 Å². The van der Waals surface area contributed by atoms with E-state index in [2.05, 4.69) is 22.3 Å². The average molecular weight is 347 g/mol. The molecule has 0 saturated heterocycles. The lowest BCUT2D eigenvalue weighted by Crippen LogP contribution is -2.48. The zero-order valence-electron chi connectivity index (χ0n) is 14.3. The molecule has 0 aromatic carbocycles. The molecule has 1 fully saturated rings. The van der Waals surface area contributed by atoms with Gasteiger partial charge in [0.05, 0.1) is 17.1 Å². The molecule has 0 aliphatic heterocycles. The summed E-state index contributed by atoms with van der Waals surface area (Å²) in [5.41, 5.74) is 0. The Balaban J connectivity index is 1.58. The minimum absolute atomic E-state index is 0.0116. The summed E-state index contributed by atoms with van der Waals surface area (Å²) >= 11 is 1.64. The summed E-state index contributed by atoms with van der Waals surface area (Å²) < 4.78 is 1.99. The molecule has 6 nitrogen and oxygen atoms in total. The summed E-state index contributed by atoms with van der Waals surface area (Å²) in [7, 11) is 1.85. The van der Waals surface area contributed by atoms with Crippen LogP contribution >= 0.6 is 11.3 Å². The summed E-state index contributed by atoms with van der Waals surface area (Å²) in [5, 5.41) is 10.6. The van der Waals surface area contributed by atoms with Gasteiger partial charge in [-0.2, -0.15) is 5.10 Å². The molecule has 2 aromatic heterocycles. The van der Waals surface area contributed by atoms with Crippen molar-refractivity contribution in [3.63, 3.8) is 0 Å². The van der Waals surface area contributed by atoms with Crippen molar-refractivity contribution in [1.29, 1.82) is 0 Å². The molecule has 2 heterocycles. The van der Waals surface area contributed by atoms with Crippen LogP contribution in [0, 0.1) is 0 Å². The molecular formula is C17H25N5OS. The van der Waals surface area contributed by atoms with Crippen LogP contribution in [0.2, 0.25) is 0 Å². The van der Waals surface area contributed by atoms with E-state index in [9.17, 15) is 4.79 Å². The van der Waals surface area contributed by atoms with Crippen molar-refractivity contribution in [3.05, 3.63) is 35.0 Å². The van der Waals surface area contributed by atoms with Gasteiger partial charge < -0.3 is 10.2 Å². The van der Waals surface area contributed by atoms with Crippen LogP contribution in [0.1, 0.15) is 49.6 Å². The highest BCUT2D eigenvalue weighted by molar-refractivity contribution is 7.09. The first-order valence-electron chi connectivity index (χ1n) is 8.55. The molecule has 3 atom stereocenters. The van der Waals surface area contributed by atoms with Gasteiger partial charge >= 0.3 is 6.03 Å². The van der Waals surface area contributed by atoms with Crippen LogP contribution in [-0.4, -0.2) is 45.3 Å². The normalized spacial score (nSPS) is 22.1. The Morgan fingerprint density at radius 1 is 1.46 bits per heavy atom. The Bertz CT molecular complexity index is 627. The van der Waals surface area contributed by atoms with E-state index in [0.717, 1.165) is 24.3 Å². The fraction of sp³-hybridized carbons (Fsp3) is 0.588. The molecule has 130 valence electrons. The maximum Gasteiger partial charge on any atom is 0.317 e. The van der Waals surface area contributed by atoms with Crippen molar-refractivity contribution < 1.29 is 4.79 Å². The molecule has 3 unspecified atom stereocenters. The summed E-state index contributed by atoms with van der Waals surface area (Å²) in [6, 6.07) is 2.32. The smallest absolute Gasteiger partial charge is 0.317 e. The highest BCUT2D eigenvalue weighted by atomic mass is 32.1. The zero-order valence-corrected chi connectivity index (χ0v) is 15.1. The number of likely N-dealkylation sites (N-methyl/N-ethyl adjacent to an activating group) is 1. The fourth-order valence-electron chi connectivity index (χ4n) is 3.39. The van der Waals surface area contributed by atoms with Crippen LogP contribution in [0.25, 0.3) is 0 Å². The standard InChI is InChI=1S/C17H25N5OS/c1-13(16-18-9-11-24-16)12-21(2)17(23)20-14-6-3-4-7-15(14)22-10-5-8-19-22/h5,8-11,13-15H,3-4,6-7,12H2,1-2H3,(H,20,23). The second kappa shape index (κ2) is 7.79. The Hall–Kier alpha value is -1.89. The number of hydrogen-bond donors (Lipinski definition) is 1. The Morgan fingerprint density at radius 2 is 2.29 bits per heavy atom. The molecule has 1 N–H and O–H groups in total. The third-order valence-electron chi connectivity index (χ3n) is 4.67. The van der Waals surface area contributed by atoms with E-state index in [1.807, 2.05) is 35.6 Å². The molecular weight excluding hydrogens is 322 g/mol. The van der Waals surface area contributed by atoms with E-state index in [4.69, 9.17) is 0 Å². The second-order valence-corrected chi connectivity index (χ2v) is 7.47. The summed E-state index contributed by atoms with van der Waals surface area (Å²) in [6.07, 6.45) is 10.0. The van der Waals surface area contributed by atoms with Crippen LogP contribution in [-0.2, 0) is 0 Å². The quantitative estimate of drug-likeness (QED) is 0.903. The third kappa shape index (κ3) is 3.95. The van der Waals surface area contributed by atoms with E-state index in [0.29, 0.717) is 6.54 Å². The van der Waals surface area contributed by atoms with Gasteiger partial charge in [0.15, 0.2) is 0 Å². The second-order valence-electron chi connectivity index (χ2n) is 6.55. The third-order valence-corrected chi connectivity index (χ3v) is 5.68.